The number of furan rings is 1. The molecule has 1 saturated carbocycles. The SMILES string of the molecule is [2H]C(C)(C)c1cc(C)[n+](C)c(-c2c(C)ccc3c2oc2c(C#N)cc(C4([2H])CCCCC4)cc23)c1. The molecule has 0 spiro atoms. The fourth-order valence-corrected chi connectivity index (χ4v) is 5.24. The summed E-state index contributed by atoms with van der Waals surface area (Å²) < 4.78 is 26.4. The largest absolute Gasteiger partial charge is 0.454 e. The van der Waals surface area contributed by atoms with Crippen LogP contribution in [0.2, 0.25) is 0 Å². The number of nitrogens with zero attached hydrogens (tertiary/aromatic N) is 2. The molecule has 0 aliphatic heterocycles. The van der Waals surface area contributed by atoms with Crippen molar-refractivity contribution in [1.29, 1.82) is 5.26 Å². The number of hydrogen-bond donors (Lipinski definition) is 0. The number of aryl methyl sites for hydroxylation is 2. The molecular weight excluding hydrogens is 404 g/mol. The number of benzene rings is 2. The summed E-state index contributed by atoms with van der Waals surface area (Å²) in [6.07, 6.45) is 4.94. The zero-order chi connectivity index (χ0) is 25.1. The smallest absolute Gasteiger partial charge is 0.216 e. The second-order valence-electron chi connectivity index (χ2n) is 9.74. The Balaban J connectivity index is 1.83. The zero-order valence-electron chi connectivity index (χ0n) is 22.3. The molecule has 3 heteroatoms. The fourth-order valence-electron chi connectivity index (χ4n) is 5.24. The van der Waals surface area contributed by atoms with Crippen molar-refractivity contribution in [1.82, 2.24) is 0 Å². The van der Waals surface area contributed by atoms with Gasteiger partial charge in [-0.25, -0.2) is 0 Å². The van der Waals surface area contributed by atoms with Crippen molar-refractivity contribution in [3.05, 3.63) is 64.3 Å². The minimum atomic E-state index is -0.727. The van der Waals surface area contributed by atoms with Crippen LogP contribution in [0.4, 0.5) is 0 Å². The van der Waals surface area contributed by atoms with Gasteiger partial charge in [-0.3, -0.25) is 0 Å². The molecule has 0 radical (unpaired) electrons. The van der Waals surface area contributed by atoms with E-state index in [9.17, 15) is 5.26 Å². The minimum absolute atomic E-state index is 0.496. The van der Waals surface area contributed by atoms with Crippen molar-refractivity contribution in [3.8, 4) is 17.3 Å². The van der Waals surface area contributed by atoms with E-state index in [2.05, 4.69) is 54.8 Å². The number of aromatic nitrogens is 1. The summed E-state index contributed by atoms with van der Waals surface area (Å²) in [5, 5.41) is 11.9. The van der Waals surface area contributed by atoms with Crippen LogP contribution in [0, 0.1) is 25.2 Å². The molecule has 33 heavy (non-hydrogen) atoms. The first kappa shape index (κ1) is 19.4. The van der Waals surface area contributed by atoms with Crippen LogP contribution in [-0.4, -0.2) is 0 Å². The lowest BCUT2D eigenvalue weighted by atomic mass is 9.83. The Morgan fingerprint density at radius 3 is 2.52 bits per heavy atom. The van der Waals surface area contributed by atoms with Crippen molar-refractivity contribution >= 4 is 21.9 Å². The summed E-state index contributed by atoms with van der Waals surface area (Å²) in [7, 11) is 2.04. The number of pyridine rings is 1. The van der Waals surface area contributed by atoms with Gasteiger partial charge in [0.2, 0.25) is 5.69 Å². The van der Waals surface area contributed by atoms with Crippen LogP contribution < -0.4 is 4.57 Å². The summed E-state index contributed by atoms with van der Waals surface area (Å²) in [5.41, 5.74) is 7.84. The molecule has 0 saturated heterocycles. The quantitative estimate of drug-likeness (QED) is 0.306. The molecule has 0 N–H and O–H groups in total. The van der Waals surface area contributed by atoms with Crippen molar-refractivity contribution in [2.45, 2.75) is 71.6 Å². The molecule has 0 bridgehead atoms. The fraction of sp³-hybridized carbons (Fsp3) is 0.400. The van der Waals surface area contributed by atoms with E-state index >= 15 is 0 Å². The highest BCUT2D eigenvalue weighted by atomic mass is 16.3. The minimum Gasteiger partial charge on any atom is -0.454 e. The van der Waals surface area contributed by atoms with Gasteiger partial charge in [-0.15, -0.1) is 0 Å². The van der Waals surface area contributed by atoms with E-state index in [1.807, 2.05) is 27.0 Å². The van der Waals surface area contributed by atoms with E-state index in [4.69, 9.17) is 7.16 Å². The maximum atomic E-state index is 10.0. The molecule has 5 rings (SSSR count). The zero-order valence-corrected chi connectivity index (χ0v) is 20.3. The monoisotopic (exact) mass is 439 g/mol. The Morgan fingerprint density at radius 2 is 1.82 bits per heavy atom. The third-order valence-corrected chi connectivity index (χ3v) is 7.32. The van der Waals surface area contributed by atoms with Gasteiger partial charge in [0.25, 0.3) is 0 Å². The van der Waals surface area contributed by atoms with Crippen LogP contribution in [0.1, 0.15) is 88.4 Å². The van der Waals surface area contributed by atoms with Crippen LogP contribution >= 0.6 is 0 Å². The Morgan fingerprint density at radius 1 is 1.06 bits per heavy atom. The topological polar surface area (TPSA) is 40.8 Å². The summed E-state index contributed by atoms with van der Waals surface area (Å²) in [4.78, 5) is 0. The van der Waals surface area contributed by atoms with E-state index in [-0.39, 0.29) is 0 Å². The van der Waals surface area contributed by atoms with Gasteiger partial charge in [-0.2, -0.15) is 9.83 Å². The summed E-state index contributed by atoms with van der Waals surface area (Å²) in [6, 6.07) is 14.7. The van der Waals surface area contributed by atoms with E-state index in [1.165, 1.54) is 6.42 Å². The lowest BCUT2D eigenvalue weighted by Crippen LogP contribution is -2.35. The molecule has 0 unspecified atom stereocenters. The van der Waals surface area contributed by atoms with Gasteiger partial charge < -0.3 is 4.42 Å². The highest BCUT2D eigenvalue weighted by Gasteiger charge is 2.25. The Hall–Kier alpha value is -3.12. The van der Waals surface area contributed by atoms with E-state index < -0.39 is 11.8 Å². The highest BCUT2D eigenvalue weighted by Crippen LogP contribution is 2.41. The van der Waals surface area contributed by atoms with Gasteiger partial charge >= 0.3 is 0 Å². The molecule has 4 aromatic rings. The molecular formula is C30H33N2O+. The van der Waals surface area contributed by atoms with Gasteiger partial charge in [0.15, 0.2) is 11.3 Å². The Labute approximate surface area is 199 Å². The molecule has 1 aliphatic carbocycles. The highest BCUT2D eigenvalue weighted by molar-refractivity contribution is 6.11. The van der Waals surface area contributed by atoms with Crippen LogP contribution in [0.3, 0.4) is 0 Å². The standard InChI is InChI=1S/C30H33N2O/c1-18(2)22-13-20(4)32(5)27(16-22)28-19(3)11-12-25-26-15-23(21-9-7-6-8-10-21)14-24(17-31)29(26)33-30(25)28/h11-16,18,21H,6-10H2,1-5H3/q+1/i18D,21D. The Kier molecular flexibility index (Phi) is 4.89. The third kappa shape index (κ3) is 3.62. The van der Waals surface area contributed by atoms with E-state index in [0.717, 1.165) is 75.7 Å². The van der Waals surface area contributed by atoms with E-state index in [1.54, 1.807) is 0 Å². The number of nitriles is 1. The molecule has 1 aliphatic rings. The predicted molar refractivity (Wildman–Crippen MR) is 134 cm³/mol. The maximum absolute atomic E-state index is 10.0. The molecule has 2 aromatic heterocycles. The van der Waals surface area contributed by atoms with Crippen LogP contribution in [0.5, 0.6) is 0 Å². The first-order chi connectivity index (χ1) is 16.5. The number of rotatable bonds is 3. The van der Waals surface area contributed by atoms with Gasteiger partial charge in [0.05, 0.1) is 11.1 Å². The van der Waals surface area contributed by atoms with Gasteiger partial charge in [-0.1, -0.05) is 45.2 Å². The lowest BCUT2D eigenvalue weighted by molar-refractivity contribution is -0.666. The Bertz CT molecular complexity index is 1510. The second-order valence-corrected chi connectivity index (χ2v) is 9.74. The van der Waals surface area contributed by atoms with Crippen LogP contribution in [0.15, 0.2) is 40.8 Å². The van der Waals surface area contributed by atoms with Crippen molar-refractivity contribution in [2.75, 3.05) is 0 Å². The first-order valence-corrected chi connectivity index (χ1v) is 12.0. The average molecular weight is 440 g/mol. The molecule has 168 valence electrons. The molecule has 2 aromatic carbocycles. The molecule has 0 atom stereocenters. The number of hydrogen-bond acceptors (Lipinski definition) is 2. The number of fused-ring (bicyclic) bond motifs is 3. The first-order valence-electron chi connectivity index (χ1n) is 13.0. The normalized spacial score (nSPS) is 17.1. The molecule has 0 amide bonds. The second kappa shape index (κ2) is 8.34. The van der Waals surface area contributed by atoms with Crippen molar-refractivity contribution in [3.63, 3.8) is 0 Å². The van der Waals surface area contributed by atoms with Crippen molar-refractivity contribution < 1.29 is 11.7 Å². The van der Waals surface area contributed by atoms with Gasteiger partial charge in [0.1, 0.15) is 18.7 Å². The van der Waals surface area contributed by atoms with E-state index in [0.29, 0.717) is 11.1 Å². The third-order valence-electron chi connectivity index (χ3n) is 7.32. The van der Waals surface area contributed by atoms with Crippen molar-refractivity contribution in [2.24, 2.45) is 7.05 Å². The summed E-state index contributed by atoms with van der Waals surface area (Å²) >= 11 is 0. The lowest BCUT2D eigenvalue weighted by Gasteiger charge is -2.22. The summed E-state index contributed by atoms with van der Waals surface area (Å²) in [6.45, 7) is 7.95. The average Bonchev–Trinajstić information content (AvgIpc) is 3.19. The molecule has 1 fully saturated rings. The molecule has 3 nitrogen and oxygen atoms in total. The predicted octanol–water partition coefficient (Wildman–Crippen LogP) is 7.74. The van der Waals surface area contributed by atoms with Crippen LogP contribution in [0.25, 0.3) is 33.2 Å². The molecule has 2 heterocycles. The van der Waals surface area contributed by atoms with Gasteiger partial charge in [0, 0.05) is 32.6 Å². The summed E-state index contributed by atoms with van der Waals surface area (Å²) in [5.74, 6) is -1.37. The maximum Gasteiger partial charge on any atom is 0.216 e. The van der Waals surface area contributed by atoms with Crippen LogP contribution in [-0.2, 0) is 7.05 Å². The van der Waals surface area contributed by atoms with Gasteiger partial charge in [-0.05, 0) is 60.4 Å².